The van der Waals surface area contributed by atoms with Crippen LogP contribution in [0.15, 0.2) is 140 Å². The van der Waals surface area contributed by atoms with Gasteiger partial charge in [-0.05, 0) is 52.6 Å². The molecule has 196 valence electrons. The molecule has 4 aromatic carbocycles. The van der Waals surface area contributed by atoms with E-state index in [0.29, 0.717) is 5.82 Å². The molecule has 5 nitrogen and oxygen atoms in total. The fourth-order valence-electron chi connectivity index (χ4n) is 5.39. The molecule has 4 heterocycles. The lowest BCUT2D eigenvalue weighted by molar-refractivity contribution is 1.18. The van der Waals surface area contributed by atoms with Gasteiger partial charge in [-0.3, -0.25) is 15.0 Å². The lowest BCUT2D eigenvalue weighted by Crippen LogP contribution is -1.96. The van der Waals surface area contributed by atoms with Crippen molar-refractivity contribution in [2.45, 2.75) is 0 Å². The zero-order valence-electron chi connectivity index (χ0n) is 22.5. The average molecular weight is 538 g/mol. The van der Waals surface area contributed by atoms with Crippen molar-refractivity contribution in [3.8, 4) is 45.2 Å². The molecule has 0 fully saturated rings. The third-order valence-electron chi connectivity index (χ3n) is 7.67. The predicted molar refractivity (Wildman–Crippen MR) is 170 cm³/mol. The van der Waals surface area contributed by atoms with Gasteiger partial charge in [0.1, 0.15) is 0 Å². The van der Waals surface area contributed by atoms with Gasteiger partial charge in [0, 0.05) is 69.4 Å². The number of fused-ring (bicyclic) bond motifs is 3. The highest BCUT2D eigenvalue weighted by molar-refractivity contribution is 5.89. The van der Waals surface area contributed by atoms with Crippen molar-refractivity contribution in [3.05, 3.63) is 140 Å². The first-order valence-corrected chi connectivity index (χ1v) is 13.8. The molecular weight excluding hydrogens is 514 g/mol. The number of hydrogen-bond donors (Lipinski definition) is 0. The van der Waals surface area contributed by atoms with E-state index in [1.54, 1.807) is 0 Å². The van der Waals surface area contributed by atoms with E-state index in [1.165, 1.54) is 5.39 Å². The Morgan fingerprint density at radius 1 is 0.357 bits per heavy atom. The van der Waals surface area contributed by atoms with Crippen LogP contribution in [0, 0.1) is 0 Å². The molecular formula is C37H23N5. The second-order valence-corrected chi connectivity index (χ2v) is 10.3. The van der Waals surface area contributed by atoms with Gasteiger partial charge in [0.25, 0.3) is 0 Å². The Bertz CT molecular complexity index is 2160. The Labute approximate surface area is 242 Å². The minimum atomic E-state index is 0.677. The summed E-state index contributed by atoms with van der Waals surface area (Å²) in [4.78, 5) is 23.3. The lowest BCUT2D eigenvalue weighted by Gasteiger charge is -2.11. The monoisotopic (exact) mass is 537 g/mol. The van der Waals surface area contributed by atoms with Gasteiger partial charge in [0.2, 0.25) is 0 Å². The van der Waals surface area contributed by atoms with E-state index < -0.39 is 0 Å². The number of benzene rings is 4. The molecule has 0 aliphatic carbocycles. The minimum absolute atomic E-state index is 0.677. The molecule has 0 atom stereocenters. The lowest BCUT2D eigenvalue weighted by atomic mass is 10.0. The number of hydrogen-bond acceptors (Lipinski definition) is 5. The fraction of sp³-hybridized carbons (Fsp3) is 0. The standard InChI is InChI=1S/C37H23N5/c1-2-4-31-23-40-34(19-26(31)3-1)24-5-7-25(8-6-24)35-20-36(29-9-11-32-21-38-15-13-27(32)17-29)42-37(41-35)30-10-12-33-22-39-16-14-28(33)18-30/h1-23H. The van der Waals surface area contributed by atoms with E-state index in [-0.39, 0.29) is 0 Å². The third kappa shape index (κ3) is 4.43. The van der Waals surface area contributed by atoms with Gasteiger partial charge < -0.3 is 0 Å². The maximum Gasteiger partial charge on any atom is 0.160 e. The molecule has 0 saturated heterocycles. The first kappa shape index (κ1) is 24.0. The molecule has 42 heavy (non-hydrogen) atoms. The van der Waals surface area contributed by atoms with Crippen LogP contribution in [0.25, 0.3) is 77.5 Å². The van der Waals surface area contributed by atoms with Crippen LogP contribution in [0.5, 0.6) is 0 Å². The van der Waals surface area contributed by atoms with Gasteiger partial charge in [-0.1, -0.05) is 72.8 Å². The molecule has 8 aromatic rings. The van der Waals surface area contributed by atoms with Crippen molar-refractivity contribution in [1.82, 2.24) is 24.9 Å². The van der Waals surface area contributed by atoms with E-state index in [1.807, 2.05) is 49.2 Å². The van der Waals surface area contributed by atoms with Crippen molar-refractivity contribution >= 4 is 32.3 Å². The number of pyridine rings is 3. The second-order valence-electron chi connectivity index (χ2n) is 10.3. The summed E-state index contributed by atoms with van der Waals surface area (Å²) in [5.41, 5.74) is 6.73. The second kappa shape index (κ2) is 9.98. The van der Waals surface area contributed by atoms with Gasteiger partial charge in [0.15, 0.2) is 5.82 Å². The molecule has 0 spiro atoms. The molecule has 8 rings (SSSR count). The van der Waals surface area contributed by atoms with E-state index in [2.05, 4.69) is 101 Å². The topological polar surface area (TPSA) is 64.5 Å². The van der Waals surface area contributed by atoms with E-state index in [4.69, 9.17) is 15.0 Å². The smallest absolute Gasteiger partial charge is 0.160 e. The van der Waals surface area contributed by atoms with Crippen LogP contribution in [0.1, 0.15) is 0 Å². The Kier molecular flexibility index (Phi) is 5.71. The Balaban J connectivity index is 1.25. The normalized spacial score (nSPS) is 11.3. The minimum Gasteiger partial charge on any atom is -0.264 e. The van der Waals surface area contributed by atoms with Crippen molar-refractivity contribution in [2.75, 3.05) is 0 Å². The molecule has 5 heteroatoms. The van der Waals surface area contributed by atoms with Gasteiger partial charge in [-0.25, -0.2) is 9.97 Å². The zero-order chi connectivity index (χ0) is 27.9. The first-order valence-electron chi connectivity index (χ1n) is 13.8. The van der Waals surface area contributed by atoms with Gasteiger partial charge in [-0.15, -0.1) is 0 Å². The summed E-state index contributed by atoms with van der Waals surface area (Å²) in [6, 6.07) is 37.6. The summed E-state index contributed by atoms with van der Waals surface area (Å²) in [5, 5.41) is 6.71. The Hall–Kier alpha value is -5.81. The third-order valence-corrected chi connectivity index (χ3v) is 7.67. The van der Waals surface area contributed by atoms with Crippen LogP contribution in [0.2, 0.25) is 0 Å². The maximum atomic E-state index is 5.06. The highest BCUT2D eigenvalue weighted by Gasteiger charge is 2.12. The summed E-state index contributed by atoms with van der Waals surface area (Å²) in [5.74, 6) is 0.677. The molecule has 0 bridgehead atoms. The van der Waals surface area contributed by atoms with Gasteiger partial charge >= 0.3 is 0 Å². The van der Waals surface area contributed by atoms with Gasteiger partial charge in [0.05, 0.1) is 17.1 Å². The van der Waals surface area contributed by atoms with E-state index in [0.717, 1.165) is 66.3 Å². The predicted octanol–water partition coefficient (Wildman–Crippen LogP) is 8.79. The fourth-order valence-corrected chi connectivity index (χ4v) is 5.39. The molecule has 4 aromatic heterocycles. The van der Waals surface area contributed by atoms with Crippen molar-refractivity contribution in [1.29, 1.82) is 0 Å². The highest BCUT2D eigenvalue weighted by atomic mass is 14.9. The maximum absolute atomic E-state index is 5.06. The molecule has 0 radical (unpaired) electrons. The Morgan fingerprint density at radius 3 is 1.60 bits per heavy atom. The summed E-state index contributed by atoms with van der Waals surface area (Å²) in [7, 11) is 0. The summed E-state index contributed by atoms with van der Waals surface area (Å²) in [6.07, 6.45) is 9.31. The van der Waals surface area contributed by atoms with Crippen LogP contribution in [-0.4, -0.2) is 24.9 Å². The molecule has 0 saturated carbocycles. The van der Waals surface area contributed by atoms with Crippen LogP contribution in [-0.2, 0) is 0 Å². The summed E-state index contributed by atoms with van der Waals surface area (Å²) in [6.45, 7) is 0. The molecule has 0 aliphatic heterocycles. The largest absolute Gasteiger partial charge is 0.264 e. The highest BCUT2D eigenvalue weighted by Crippen LogP contribution is 2.31. The number of rotatable bonds is 4. The average Bonchev–Trinajstić information content (AvgIpc) is 3.07. The zero-order valence-corrected chi connectivity index (χ0v) is 22.5. The van der Waals surface area contributed by atoms with E-state index >= 15 is 0 Å². The quantitative estimate of drug-likeness (QED) is 0.224. The van der Waals surface area contributed by atoms with Crippen LogP contribution >= 0.6 is 0 Å². The van der Waals surface area contributed by atoms with Gasteiger partial charge in [-0.2, -0.15) is 0 Å². The molecule has 0 aliphatic rings. The van der Waals surface area contributed by atoms with Crippen molar-refractivity contribution in [3.63, 3.8) is 0 Å². The summed E-state index contributed by atoms with van der Waals surface area (Å²) < 4.78 is 0. The molecule has 0 N–H and O–H groups in total. The van der Waals surface area contributed by atoms with Crippen LogP contribution in [0.4, 0.5) is 0 Å². The number of aromatic nitrogens is 5. The van der Waals surface area contributed by atoms with E-state index in [9.17, 15) is 0 Å². The first-order chi connectivity index (χ1) is 20.8. The van der Waals surface area contributed by atoms with Crippen molar-refractivity contribution in [2.24, 2.45) is 0 Å². The summed E-state index contributed by atoms with van der Waals surface area (Å²) >= 11 is 0. The molecule has 0 amide bonds. The molecule has 0 unspecified atom stereocenters. The van der Waals surface area contributed by atoms with Crippen molar-refractivity contribution < 1.29 is 0 Å². The Morgan fingerprint density at radius 2 is 0.881 bits per heavy atom. The van der Waals surface area contributed by atoms with Crippen LogP contribution in [0.3, 0.4) is 0 Å². The van der Waals surface area contributed by atoms with Crippen LogP contribution < -0.4 is 0 Å². The number of nitrogens with zero attached hydrogens (tertiary/aromatic N) is 5. The SMILES string of the molecule is c1ccc2cc(-c3ccc(-c4cc(-c5ccc6cnccc6c5)nc(-c5ccc6cnccc6c5)n4)cc3)ncc2c1.